The zero-order chi connectivity index (χ0) is 13.6. The van der Waals surface area contributed by atoms with Crippen LogP contribution in [0.4, 0.5) is 0 Å². The Balaban J connectivity index is 0.00000147. The van der Waals surface area contributed by atoms with Crippen molar-refractivity contribution < 1.29 is 22.1 Å². The second-order valence-corrected chi connectivity index (χ2v) is 5.51. The third kappa shape index (κ3) is 2.19. The van der Waals surface area contributed by atoms with E-state index in [9.17, 15) is 5.11 Å². The Kier molecular flexibility index (Phi) is 4.06. The van der Waals surface area contributed by atoms with Crippen LogP contribution in [0.15, 0.2) is 46.9 Å². The van der Waals surface area contributed by atoms with Gasteiger partial charge in [-0.3, -0.25) is 0 Å². The van der Waals surface area contributed by atoms with Gasteiger partial charge in [0.05, 0.1) is 14.1 Å². The fraction of sp³-hybridized carbons (Fsp3) is 0.133. The van der Waals surface area contributed by atoms with Crippen LogP contribution >= 0.6 is 15.9 Å². The van der Waals surface area contributed by atoms with E-state index in [2.05, 4.69) is 37.2 Å². The van der Waals surface area contributed by atoms with E-state index in [0.717, 1.165) is 26.9 Å². The summed E-state index contributed by atoms with van der Waals surface area (Å²) in [5, 5.41) is 10.1. The highest BCUT2D eigenvalue weighted by molar-refractivity contribution is 9.10. The number of phenols is 1. The number of aromatic nitrogens is 2. The Morgan fingerprint density at radius 2 is 1.85 bits per heavy atom. The van der Waals surface area contributed by atoms with Crippen molar-refractivity contribution in [2.75, 3.05) is 0 Å². The molecule has 0 aliphatic carbocycles. The zero-order valence-electron chi connectivity index (χ0n) is 11.1. The van der Waals surface area contributed by atoms with E-state index in [-0.39, 0.29) is 18.2 Å². The minimum Gasteiger partial charge on any atom is -1.00 e. The fourth-order valence-electron chi connectivity index (χ4n) is 2.53. The minimum absolute atomic E-state index is 0. The molecule has 3 aromatic rings. The molecule has 0 unspecified atom stereocenters. The van der Waals surface area contributed by atoms with Gasteiger partial charge >= 0.3 is 0 Å². The molecule has 0 fully saturated rings. The highest BCUT2D eigenvalue weighted by Crippen LogP contribution is 2.31. The molecule has 104 valence electrons. The summed E-state index contributed by atoms with van der Waals surface area (Å²) >= 11 is 3.46. The van der Waals surface area contributed by atoms with Crippen molar-refractivity contribution in [3.05, 3.63) is 46.9 Å². The standard InChI is InChI=1S/C15H13BrN2O.ClH/c1-17-12-5-3-4-6-13(12)18(2)15(17)11-9-10(16)7-8-14(11)19;/h3-9H,1-2H3;1H. The zero-order valence-corrected chi connectivity index (χ0v) is 13.5. The monoisotopic (exact) mass is 352 g/mol. The lowest BCUT2D eigenvalue weighted by atomic mass is 10.2. The fourth-order valence-corrected chi connectivity index (χ4v) is 2.89. The molecule has 3 rings (SSSR count). The van der Waals surface area contributed by atoms with Crippen molar-refractivity contribution in [1.82, 2.24) is 4.57 Å². The molecule has 0 saturated heterocycles. The van der Waals surface area contributed by atoms with Gasteiger partial charge in [0, 0.05) is 4.47 Å². The summed E-state index contributed by atoms with van der Waals surface area (Å²) in [5.74, 6) is 1.25. The second-order valence-electron chi connectivity index (χ2n) is 4.59. The first-order valence-corrected chi connectivity index (χ1v) is 6.81. The molecule has 0 radical (unpaired) electrons. The van der Waals surface area contributed by atoms with Crippen molar-refractivity contribution in [2.45, 2.75) is 0 Å². The molecule has 0 aliphatic heterocycles. The van der Waals surface area contributed by atoms with Gasteiger partial charge in [-0.05, 0) is 30.3 Å². The van der Waals surface area contributed by atoms with Crippen LogP contribution in [-0.4, -0.2) is 9.67 Å². The summed E-state index contributed by atoms with van der Waals surface area (Å²) in [6.07, 6.45) is 0. The number of hydrogen-bond donors (Lipinski definition) is 1. The molecule has 20 heavy (non-hydrogen) atoms. The number of benzene rings is 2. The quantitative estimate of drug-likeness (QED) is 0.620. The summed E-state index contributed by atoms with van der Waals surface area (Å²) in [7, 11) is 4.02. The molecular weight excluding hydrogens is 340 g/mol. The van der Waals surface area contributed by atoms with Crippen LogP contribution in [0.25, 0.3) is 22.4 Å². The molecule has 0 bridgehead atoms. The number of aryl methyl sites for hydroxylation is 2. The SMILES string of the molecule is Cn1c(-c2cc(Br)ccc2O)[n+](C)c2ccccc21.[Cl-]. The van der Waals surface area contributed by atoms with E-state index in [1.807, 2.05) is 38.4 Å². The van der Waals surface area contributed by atoms with Gasteiger partial charge in [0.1, 0.15) is 11.3 Å². The van der Waals surface area contributed by atoms with E-state index in [0.29, 0.717) is 0 Å². The third-order valence-corrected chi connectivity index (χ3v) is 3.93. The second kappa shape index (κ2) is 5.46. The molecule has 0 saturated carbocycles. The number of aromatic hydroxyl groups is 1. The molecule has 1 N–H and O–H groups in total. The molecule has 0 amide bonds. The molecule has 2 aromatic carbocycles. The molecule has 0 atom stereocenters. The van der Waals surface area contributed by atoms with Crippen molar-refractivity contribution in [3.8, 4) is 17.1 Å². The van der Waals surface area contributed by atoms with Gasteiger partial charge in [-0.25, -0.2) is 9.13 Å². The average Bonchev–Trinajstić information content (AvgIpc) is 2.66. The molecule has 5 heteroatoms. The first kappa shape index (κ1) is 14.9. The molecule has 0 spiro atoms. The van der Waals surface area contributed by atoms with Crippen molar-refractivity contribution >= 4 is 27.0 Å². The summed E-state index contributed by atoms with van der Waals surface area (Å²) in [6, 6.07) is 13.7. The predicted octanol–water partition coefficient (Wildman–Crippen LogP) is 0.142. The van der Waals surface area contributed by atoms with Crippen LogP contribution in [0.1, 0.15) is 0 Å². The van der Waals surface area contributed by atoms with Gasteiger partial charge in [-0.15, -0.1) is 0 Å². The maximum absolute atomic E-state index is 10.1. The van der Waals surface area contributed by atoms with Crippen LogP contribution in [0.3, 0.4) is 0 Å². The largest absolute Gasteiger partial charge is 1.00 e. The van der Waals surface area contributed by atoms with Gasteiger partial charge in [0.15, 0.2) is 11.0 Å². The van der Waals surface area contributed by atoms with E-state index in [1.165, 1.54) is 0 Å². The highest BCUT2D eigenvalue weighted by atomic mass is 79.9. The van der Waals surface area contributed by atoms with Gasteiger partial charge in [0.2, 0.25) is 0 Å². The summed E-state index contributed by atoms with van der Waals surface area (Å²) in [4.78, 5) is 0. The summed E-state index contributed by atoms with van der Waals surface area (Å²) in [5.41, 5.74) is 3.09. The highest BCUT2D eigenvalue weighted by Gasteiger charge is 2.23. The van der Waals surface area contributed by atoms with Crippen LogP contribution in [-0.2, 0) is 14.1 Å². The Labute approximate surface area is 132 Å². The van der Waals surface area contributed by atoms with Crippen molar-refractivity contribution in [2.24, 2.45) is 14.1 Å². The van der Waals surface area contributed by atoms with Crippen LogP contribution in [0, 0.1) is 0 Å². The Hall–Kier alpha value is -1.52. The number of rotatable bonds is 1. The van der Waals surface area contributed by atoms with Crippen molar-refractivity contribution in [3.63, 3.8) is 0 Å². The first-order chi connectivity index (χ1) is 9.09. The smallest absolute Gasteiger partial charge is 0.293 e. The van der Waals surface area contributed by atoms with Gasteiger partial charge in [0.25, 0.3) is 5.82 Å². The molecule has 1 heterocycles. The Morgan fingerprint density at radius 1 is 1.15 bits per heavy atom. The van der Waals surface area contributed by atoms with Crippen LogP contribution < -0.4 is 17.0 Å². The lowest BCUT2D eigenvalue weighted by Crippen LogP contribution is -3.00. The van der Waals surface area contributed by atoms with Crippen LogP contribution in [0.2, 0.25) is 0 Å². The Bertz CT molecular complexity index is 744. The number of halogens is 2. The molecule has 3 nitrogen and oxygen atoms in total. The van der Waals surface area contributed by atoms with E-state index >= 15 is 0 Å². The van der Waals surface area contributed by atoms with Crippen molar-refractivity contribution in [1.29, 1.82) is 0 Å². The lowest BCUT2D eigenvalue weighted by Gasteiger charge is -2.03. The third-order valence-electron chi connectivity index (χ3n) is 3.44. The maximum atomic E-state index is 10.1. The van der Waals surface area contributed by atoms with E-state index in [1.54, 1.807) is 6.07 Å². The Morgan fingerprint density at radius 3 is 2.55 bits per heavy atom. The minimum atomic E-state index is 0. The number of imidazole rings is 1. The van der Waals surface area contributed by atoms with Gasteiger partial charge < -0.3 is 17.5 Å². The first-order valence-electron chi connectivity index (χ1n) is 6.02. The number of hydrogen-bond acceptors (Lipinski definition) is 1. The average molecular weight is 354 g/mol. The number of phenolic OH excluding ortho intramolecular Hbond substituents is 1. The van der Waals surface area contributed by atoms with Crippen LogP contribution in [0.5, 0.6) is 5.75 Å². The summed E-state index contributed by atoms with van der Waals surface area (Å²) < 4.78 is 5.14. The number of para-hydroxylation sites is 2. The molecular formula is C15H14BrClN2O. The number of fused-ring (bicyclic) bond motifs is 1. The summed E-state index contributed by atoms with van der Waals surface area (Å²) in [6.45, 7) is 0. The molecule has 0 aliphatic rings. The topological polar surface area (TPSA) is 29.0 Å². The van der Waals surface area contributed by atoms with E-state index < -0.39 is 0 Å². The van der Waals surface area contributed by atoms with E-state index in [4.69, 9.17) is 0 Å². The van der Waals surface area contributed by atoms with Gasteiger partial charge in [-0.1, -0.05) is 28.1 Å². The molecule has 1 aromatic heterocycles. The normalized spacial score (nSPS) is 10.6. The number of nitrogens with zero attached hydrogens (tertiary/aromatic N) is 2. The van der Waals surface area contributed by atoms with Gasteiger partial charge in [-0.2, -0.15) is 0 Å². The predicted molar refractivity (Wildman–Crippen MR) is 78.9 cm³/mol. The lowest BCUT2D eigenvalue weighted by molar-refractivity contribution is -0.634. The maximum Gasteiger partial charge on any atom is 0.293 e.